The molecule has 0 aliphatic carbocycles. The monoisotopic (exact) mass is 525 g/mol. The third kappa shape index (κ3) is 5.19. The molecule has 6 aromatic rings. The van der Waals surface area contributed by atoms with Crippen LogP contribution in [-0.4, -0.2) is 19.5 Å². The van der Waals surface area contributed by atoms with Gasteiger partial charge in [0.2, 0.25) is 0 Å². The van der Waals surface area contributed by atoms with Gasteiger partial charge in [0.15, 0.2) is 0 Å². The van der Waals surface area contributed by atoms with Gasteiger partial charge in [-0.3, -0.25) is 9.55 Å². The van der Waals surface area contributed by atoms with Crippen molar-refractivity contribution in [3.05, 3.63) is 127 Å². The molecule has 5 nitrogen and oxygen atoms in total. The van der Waals surface area contributed by atoms with Crippen LogP contribution in [0.5, 0.6) is 0 Å². The second kappa shape index (κ2) is 11.9. The highest BCUT2D eigenvalue weighted by Gasteiger charge is 2.16. The number of fused-ring (bicyclic) bond motifs is 6. The Labute approximate surface area is 235 Å². The molecular weight excluding hydrogens is 490 g/mol. The molecule has 40 heavy (non-hydrogen) atoms. The average molecular weight is 526 g/mol. The third-order valence-electron chi connectivity index (χ3n) is 6.86. The number of hydrogen-bond acceptors (Lipinski definition) is 3. The predicted octanol–water partition coefficient (Wildman–Crippen LogP) is 8.77. The number of nitrogens with one attached hydrogen (secondary N) is 1. The Balaban J connectivity index is 0.000000199. The van der Waals surface area contributed by atoms with E-state index in [2.05, 4.69) is 107 Å². The van der Waals surface area contributed by atoms with Crippen LogP contribution in [0.15, 0.2) is 127 Å². The lowest BCUT2D eigenvalue weighted by Gasteiger charge is -2.06. The van der Waals surface area contributed by atoms with E-state index < -0.39 is 0 Å². The summed E-state index contributed by atoms with van der Waals surface area (Å²) in [5.74, 6) is 0.574. The van der Waals surface area contributed by atoms with Gasteiger partial charge in [-0.2, -0.15) is 0 Å². The third-order valence-corrected chi connectivity index (χ3v) is 6.86. The Hall–Kier alpha value is -4.90. The van der Waals surface area contributed by atoms with Gasteiger partial charge in [-0.15, -0.1) is 0 Å². The standard InChI is InChI=1S/C22H14N4.C13H21N/c1-2-7-14(8-3-1)26-19-11-5-4-9-15(19)16-13-18-21(25-22(16)26)20-17(24-18)10-6-12-23-20;1-5-12(8-7-11(3)4)13(6-2)9-10-14/h1-13,24H;5-11H,14H2,1-4H3/b;8-7-,10-9-,12-5+,13-6+. The van der Waals surface area contributed by atoms with Crippen molar-refractivity contribution >= 4 is 44.0 Å². The molecule has 0 aliphatic heterocycles. The zero-order valence-electron chi connectivity index (χ0n) is 23.5. The van der Waals surface area contributed by atoms with Gasteiger partial charge in [-0.1, -0.05) is 74.5 Å². The minimum Gasteiger partial charge on any atom is -0.405 e. The van der Waals surface area contributed by atoms with E-state index >= 15 is 0 Å². The first-order valence-electron chi connectivity index (χ1n) is 13.7. The molecule has 0 saturated carbocycles. The van der Waals surface area contributed by atoms with E-state index in [0.717, 1.165) is 49.9 Å². The summed E-state index contributed by atoms with van der Waals surface area (Å²) in [5.41, 5.74) is 14.8. The van der Waals surface area contributed by atoms with Crippen molar-refractivity contribution in [2.45, 2.75) is 27.7 Å². The molecule has 3 N–H and O–H groups in total. The van der Waals surface area contributed by atoms with E-state index in [0.29, 0.717) is 5.92 Å². The number of aromatic nitrogens is 4. The Morgan fingerprint density at radius 2 is 1.55 bits per heavy atom. The number of hydrogen-bond donors (Lipinski definition) is 2. The first-order chi connectivity index (χ1) is 19.5. The van der Waals surface area contributed by atoms with Crippen molar-refractivity contribution in [3.8, 4) is 5.69 Å². The van der Waals surface area contributed by atoms with Crippen LogP contribution in [0, 0.1) is 5.92 Å². The number of para-hydroxylation sites is 2. The summed E-state index contributed by atoms with van der Waals surface area (Å²) in [7, 11) is 0. The van der Waals surface area contributed by atoms with E-state index in [1.807, 2.05) is 44.3 Å². The largest absolute Gasteiger partial charge is 0.405 e. The van der Waals surface area contributed by atoms with Gasteiger partial charge in [-0.25, -0.2) is 4.98 Å². The molecule has 5 heteroatoms. The Kier molecular flexibility index (Phi) is 7.92. The second-order valence-corrected chi connectivity index (χ2v) is 9.92. The van der Waals surface area contributed by atoms with Crippen LogP contribution in [0.25, 0.3) is 49.7 Å². The fraction of sp³-hybridized carbons (Fsp3) is 0.143. The summed E-state index contributed by atoms with van der Waals surface area (Å²) in [5, 5.41) is 2.34. The van der Waals surface area contributed by atoms with Gasteiger partial charge in [0.1, 0.15) is 16.7 Å². The highest BCUT2D eigenvalue weighted by Crippen LogP contribution is 2.34. The lowest BCUT2D eigenvalue weighted by atomic mass is 10.0. The summed E-state index contributed by atoms with van der Waals surface area (Å²) in [4.78, 5) is 13.0. The molecule has 4 heterocycles. The van der Waals surface area contributed by atoms with Crippen molar-refractivity contribution in [2.75, 3.05) is 0 Å². The molecule has 0 radical (unpaired) electrons. The number of H-pyrrole nitrogens is 1. The van der Waals surface area contributed by atoms with Crippen LogP contribution in [0.3, 0.4) is 0 Å². The molecule has 4 aromatic heterocycles. The van der Waals surface area contributed by atoms with Crippen molar-refractivity contribution in [1.29, 1.82) is 0 Å². The highest BCUT2D eigenvalue weighted by molar-refractivity contribution is 6.14. The van der Waals surface area contributed by atoms with Gasteiger partial charge in [-0.05, 0) is 79.6 Å². The number of pyridine rings is 2. The maximum Gasteiger partial charge on any atom is 0.146 e. The van der Waals surface area contributed by atoms with Crippen molar-refractivity contribution in [3.63, 3.8) is 0 Å². The van der Waals surface area contributed by atoms with Gasteiger partial charge >= 0.3 is 0 Å². The smallest absolute Gasteiger partial charge is 0.146 e. The number of allylic oxidation sites excluding steroid dienone is 7. The summed E-state index contributed by atoms with van der Waals surface area (Å²) in [6.45, 7) is 8.38. The van der Waals surface area contributed by atoms with E-state index in [-0.39, 0.29) is 0 Å². The van der Waals surface area contributed by atoms with E-state index in [9.17, 15) is 0 Å². The number of nitrogens with zero attached hydrogens (tertiary/aromatic N) is 3. The van der Waals surface area contributed by atoms with E-state index in [4.69, 9.17) is 10.7 Å². The number of benzene rings is 2. The van der Waals surface area contributed by atoms with Gasteiger partial charge in [0.25, 0.3) is 0 Å². The first kappa shape index (κ1) is 26.7. The van der Waals surface area contributed by atoms with Gasteiger partial charge in [0.05, 0.1) is 16.6 Å². The van der Waals surface area contributed by atoms with Crippen LogP contribution >= 0.6 is 0 Å². The van der Waals surface area contributed by atoms with Crippen molar-refractivity contribution < 1.29 is 0 Å². The Morgan fingerprint density at radius 1 is 0.825 bits per heavy atom. The molecule has 0 bridgehead atoms. The molecule has 0 aliphatic rings. The van der Waals surface area contributed by atoms with Crippen LogP contribution in [0.4, 0.5) is 0 Å². The van der Waals surface area contributed by atoms with Crippen LogP contribution < -0.4 is 5.73 Å². The summed E-state index contributed by atoms with van der Waals surface area (Å²) >= 11 is 0. The molecule has 0 amide bonds. The summed E-state index contributed by atoms with van der Waals surface area (Å²) in [6.07, 6.45) is 13.8. The lowest BCUT2D eigenvalue weighted by molar-refractivity contribution is 0.831. The van der Waals surface area contributed by atoms with Gasteiger partial charge in [0, 0.05) is 22.7 Å². The van der Waals surface area contributed by atoms with Gasteiger partial charge < -0.3 is 10.7 Å². The topological polar surface area (TPSA) is 72.5 Å². The fourth-order valence-corrected chi connectivity index (χ4v) is 4.95. The molecular formula is C35H35N5. The van der Waals surface area contributed by atoms with E-state index in [1.54, 1.807) is 6.20 Å². The van der Waals surface area contributed by atoms with Crippen LogP contribution in [-0.2, 0) is 0 Å². The quantitative estimate of drug-likeness (QED) is 0.221. The normalized spacial score (nSPS) is 12.9. The second-order valence-electron chi connectivity index (χ2n) is 9.92. The molecule has 0 atom stereocenters. The number of nitrogens with two attached hydrogens (primary N) is 1. The van der Waals surface area contributed by atoms with Crippen LogP contribution in [0.1, 0.15) is 27.7 Å². The van der Waals surface area contributed by atoms with E-state index in [1.165, 1.54) is 11.0 Å². The molecule has 0 fully saturated rings. The molecule has 0 unspecified atom stereocenters. The predicted molar refractivity (Wildman–Crippen MR) is 171 cm³/mol. The summed E-state index contributed by atoms with van der Waals surface area (Å²) in [6, 6.07) is 25.0. The minimum atomic E-state index is 0.574. The maximum atomic E-state index is 5.38. The molecule has 6 rings (SSSR count). The SMILES string of the molecule is C/C=C(\C=C/N)C(/C=C\C(C)C)=C/C.c1ccc(-n2c3ccccc3c3cc4[nH]c5cccnc5c4nc32)cc1. The number of rotatable bonds is 5. The molecule has 0 saturated heterocycles. The molecule has 0 spiro atoms. The van der Waals surface area contributed by atoms with Crippen molar-refractivity contribution in [1.82, 2.24) is 19.5 Å². The highest BCUT2D eigenvalue weighted by atomic mass is 15.1. The first-order valence-corrected chi connectivity index (χ1v) is 13.7. The molecule has 200 valence electrons. The Bertz CT molecular complexity index is 1900. The zero-order valence-corrected chi connectivity index (χ0v) is 23.5. The zero-order chi connectivity index (χ0) is 28.1. The summed E-state index contributed by atoms with van der Waals surface area (Å²) < 4.78 is 2.23. The minimum absolute atomic E-state index is 0.574. The van der Waals surface area contributed by atoms with Crippen LogP contribution in [0.2, 0.25) is 0 Å². The molecule has 2 aromatic carbocycles. The van der Waals surface area contributed by atoms with Crippen molar-refractivity contribution in [2.24, 2.45) is 11.7 Å². The Morgan fingerprint density at radius 3 is 2.27 bits per heavy atom. The lowest BCUT2D eigenvalue weighted by Crippen LogP contribution is -1.95. The maximum absolute atomic E-state index is 5.38. The number of aromatic amines is 1. The average Bonchev–Trinajstić information content (AvgIpc) is 3.51. The fourth-order valence-electron chi connectivity index (χ4n) is 4.95.